The number of hydrogen-bond donors (Lipinski definition) is 1. The molecule has 4 heteroatoms. The largest absolute Gasteiger partial charge is 0.354 e. The monoisotopic (exact) mass is 266 g/mol. The molecule has 2 rings (SSSR count). The fourth-order valence-corrected chi connectivity index (χ4v) is 3.74. The highest BCUT2D eigenvalue weighted by atomic mass is 32.1. The lowest BCUT2D eigenvalue weighted by atomic mass is 10.1. The molecule has 2 heterocycles. The summed E-state index contributed by atoms with van der Waals surface area (Å²) < 4.78 is 0. The lowest BCUT2D eigenvalue weighted by Gasteiger charge is -2.25. The summed E-state index contributed by atoms with van der Waals surface area (Å²) in [6.45, 7) is 6.87. The molecule has 100 valence electrons. The molecule has 1 aromatic heterocycles. The molecule has 0 aliphatic carbocycles. The van der Waals surface area contributed by atoms with Crippen molar-refractivity contribution in [1.29, 1.82) is 0 Å². The molecule has 1 atom stereocenters. The molecular weight excluding hydrogens is 244 g/mol. The van der Waals surface area contributed by atoms with E-state index in [9.17, 15) is 4.79 Å². The molecule has 1 fully saturated rings. The van der Waals surface area contributed by atoms with Crippen molar-refractivity contribution in [3.63, 3.8) is 0 Å². The number of thiophene rings is 1. The van der Waals surface area contributed by atoms with Gasteiger partial charge in [-0.25, -0.2) is 0 Å². The second-order valence-corrected chi connectivity index (χ2v) is 6.44. The van der Waals surface area contributed by atoms with Crippen molar-refractivity contribution in [2.24, 2.45) is 5.92 Å². The molecule has 0 saturated carbocycles. The molecule has 1 aromatic rings. The predicted molar refractivity (Wildman–Crippen MR) is 76.1 cm³/mol. The van der Waals surface area contributed by atoms with Gasteiger partial charge in [-0.1, -0.05) is 13.8 Å². The molecule has 0 aromatic carbocycles. The van der Waals surface area contributed by atoms with Gasteiger partial charge in [0.05, 0.1) is 4.88 Å². The molecule has 1 aliphatic heterocycles. The minimum absolute atomic E-state index is 0.0275. The van der Waals surface area contributed by atoms with Gasteiger partial charge in [-0.3, -0.25) is 9.69 Å². The summed E-state index contributed by atoms with van der Waals surface area (Å²) in [6, 6.07) is 4.60. The van der Waals surface area contributed by atoms with E-state index >= 15 is 0 Å². The zero-order chi connectivity index (χ0) is 13.1. The highest BCUT2D eigenvalue weighted by molar-refractivity contribution is 7.14. The van der Waals surface area contributed by atoms with Crippen molar-refractivity contribution < 1.29 is 4.79 Å². The molecule has 1 aliphatic rings. The Morgan fingerprint density at radius 3 is 3.00 bits per heavy atom. The van der Waals surface area contributed by atoms with Crippen LogP contribution in [0.25, 0.3) is 0 Å². The average molecular weight is 266 g/mol. The molecule has 1 saturated heterocycles. The summed E-state index contributed by atoms with van der Waals surface area (Å²) in [4.78, 5) is 16.3. The second-order valence-electron chi connectivity index (χ2n) is 5.33. The number of rotatable bonds is 4. The zero-order valence-electron chi connectivity index (χ0n) is 11.4. The van der Waals surface area contributed by atoms with E-state index in [4.69, 9.17) is 0 Å². The van der Waals surface area contributed by atoms with Crippen LogP contribution in [0, 0.1) is 5.92 Å². The number of amides is 1. The Kier molecular flexibility index (Phi) is 4.40. The number of nitrogens with zero attached hydrogens (tertiary/aromatic N) is 1. The number of hydrogen-bond acceptors (Lipinski definition) is 3. The molecule has 1 N–H and O–H groups in total. The van der Waals surface area contributed by atoms with Gasteiger partial charge in [0.25, 0.3) is 5.91 Å². The molecular formula is C14H22N2OS. The van der Waals surface area contributed by atoms with E-state index in [2.05, 4.69) is 30.1 Å². The Bertz CT molecular complexity index is 414. The minimum Gasteiger partial charge on any atom is -0.354 e. The molecule has 0 radical (unpaired) electrons. The quantitative estimate of drug-likeness (QED) is 0.909. The van der Waals surface area contributed by atoms with Gasteiger partial charge < -0.3 is 5.32 Å². The second kappa shape index (κ2) is 5.85. The van der Waals surface area contributed by atoms with Crippen molar-refractivity contribution in [3.8, 4) is 0 Å². The zero-order valence-corrected chi connectivity index (χ0v) is 12.2. The summed E-state index contributed by atoms with van der Waals surface area (Å²) in [6.07, 6.45) is 2.49. The van der Waals surface area contributed by atoms with Gasteiger partial charge in [-0.2, -0.15) is 0 Å². The van der Waals surface area contributed by atoms with Gasteiger partial charge in [0.1, 0.15) is 0 Å². The fraction of sp³-hybridized carbons (Fsp3) is 0.643. The van der Waals surface area contributed by atoms with Gasteiger partial charge >= 0.3 is 0 Å². The third-order valence-corrected chi connectivity index (χ3v) is 4.55. The first-order valence-electron chi connectivity index (χ1n) is 6.67. The van der Waals surface area contributed by atoms with Gasteiger partial charge in [0, 0.05) is 24.5 Å². The van der Waals surface area contributed by atoms with Crippen molar-refractivity contribution in [3.05, 3.63) is 21.9 Å². The highest BCUT2D eigenvalue weighted by Crippen LogP contribution is 2.36. The third kappa shape index (κ3) is 2.93. The van der Waals surface area contributed by atoms with Crippen LogP contribution in [0.4, 0.5) is 0 Å². The van der Waals surface area contributed by atoms with Crippen molar-refractivity contribution in [2.75, 3.05) is 20.1 Å². The van der Waals surface area contributed by atoms with Crippen molar-refractivity contribution in [1.82, 2.24) is 10.2 Å². The van der Waals surface area contributed by atoms with Crippen LogP contribution in [0.1, 0.15) is 47.3 Å². The first-order chi connectivity index (χ1) is 8.61. The van der Waals surface area contributed by atoms with E-state index in [1.54, 1.807) is 18.4 Å². The Hall–Kier alpha value is -0.870. The molecule has 1 amide bonds. The Morgan fingerprint density at radius 1 is 1.56 bits per heavy atom. The van der Waals surface area contributed by atoms with Crippen LogP contribution >= 0.6 is 11.3 Å². The average Bonchev–Trinajstić information content (AvgIpc) is 2.95. The summed E-state index contributed by atoms with van der Waals surface area (Å²) in [7, 11) is 1.68. The first kappa shape index (κ1) is 13.6. The Morgan fingerprint density at radius 2 is 2.33 bits per heavy atom. The predicted octanol–water partition coefficient (Wildman–Crippen LogP) is 2.90. The van der Waals surface area contributed by atoms with Gasteiger partial charge in [-0.05, 0) is 37.4 Å². The first-order valence-corrected chi connectivity index (χ1v) is 7.49. The summed E-state index contributed by atoms with van der Waals surface area (Å²) in [5.41, 5.74) is 0. The topological polar surface area (TPSA) is 32.3 Å². The smallest absolute Gasteiger partial charge is 0.261 e. The molecule has 18 heavy (non-hydrogen) atoms. The van der Waals surface area contributed by atoms with Gasteiger partial charge in [0.15, 0.2) is 0 Å². The lowest BCUT2D eigenvalue weighted by Crippen LogP contribution is -2.26. The molecule has 0 bridgehead atoms. The van der Waals surface area contributed by atoms with Crippen LogP contribution in [-0.2, 0) is 0 Å². The maximum absolute atomic E-state index is 11.6. The standard InChI is InChI=1S/C14H22N2OS/c1-10(2)9-16-8-4-5-11(16)12-6-7-13(18-12)14(17)15-3/h6-7,10-11H,4-5,8-9H2,1-3H3,(H,15,17)/t11-/m0/s1. The summed E-state index contributed by atoms with van der Waals surface area (Å²) in [5, 5.41) is 2.69. The fourth-order valence-electron chi connectivity index (χ4n) is 2.61. The van der Waals surface area contributed by atoms with Crippen LogP contribution in [0.3, 0.4) is 0 Å². The third-order valence-electron chi connectivity index (χ3n) is 3.37. The van der Waals surface area contributed by atoms with Crippen LogP contribution in [0.2, 0.25) is 0 Å². The van der Waals surface area contributed by atoms with Gasteiger partial charge in [-0.15, -0.1) is 11.3 Å². The highest BCUT2D eigenvalue weighted by Gasteiger charge is 2.27. The van der Waals surface area contributed by atoms with E-state index in [-0.39, 0.29) is 5.91 Å². The van der Waals surface area contributed by atoms with E-state index in [0.29, 0.717) is 12.0 Å². The number of carbonyl (C=O) groups is 1. The van der Waals surface area contributed by atoms with E-state index in [0.717, 1.165) is 11.4 Å². The molecule has 3 nitrogen and oxygen atoms in total. The van der Waals surface area contributed by atoms with Crippen molar-refractivity contribution in [2.45, 2.75) is 32.7 Å². The SMILES string of the molecule is CNC(=O)c1ccc([C@@H]2CCCN2CC(C)C)s1. The van der Waals surface area contributed by atoms with Crippen molar-refractivity contribution >= 4 is 17.2 Å². The Balaban J connectivity index is 2.10. The number of nitrogens with one attached hydrogen (secondary N) is 1. The van der Waals surface area contributed by atoms with Gasteiger partial charge in [0.2, 0.25) is 0 Å². The maximum atomic E-state index is 11.6. The number of likely N-dealkylation sites (tertiary alicyclic amines) is 1. The van der Waals surface area contributed by atoms with Crippen LogP contribution in [0.5, 0.6) is 0 Å². The Labute approximate surface area is 113 Å². The molecule has 0 spiro atoms. The van der Waals surface area contributed by atoms with Crippen LogP contribution in [-0.4, -0.2) is 30.9 Å². The van der Waals surface area contributed by atoms with Crippen LogP contribution < -0.4 is 5.32 Å². The van der Waals surface area contributed by atoms with E-state index in [1.165, 1.54) is 24.3 Å². The summed E-state index contributed by atoms with van der Waals surface area (Å²) >= 11 is 1.64. The minimum atomic E-state index is 0.0275. The van der Waals surface area contributed by atoms with Crippen LogP contribution in [0.15, 0.2) is 12.1 Å². The van der Waals surface area contributed by atoms with E-state index < -0.39 is 0 Å². The maximum Gasteiger partial charge on any atom is 0.261 e. The van der Waals surface area contributed by atoms with E-state index in [1.807, 2.05) is 6.07 Å². The lowest BCUT2D eigenvalue weighted by molar-refractivity contribution is 0.0967. The number of carbonyl (C=O) groups excluding carboxylic acids is 1. The normalized spacial score (nSPS) is 20.6. The summed E-state index contributed by atoms with van der Waals surface area (Å²) in [5.74, 6) is 0.726. The molecule has 0 unspecified atom stereocenters.